The number of aryl methyl sites for hydroxylation is 6. The van der Waals surface area contributed by atoms with E-state index in [1.165, 1.54) is 40.9 Å². The molecule has 20 rings (SSSR count). The third-order valence-electron chi connectivity index (χ3n) is 22.8. The highest BCUT2D eigenvalue weighted by Gasteiger charge is 2.31. The molecule has 5 amide bonds. The Labute approximate surface area is 855 Å². The number of thiazole rings is 3. The fraction of sp³-hybridized carbons (Fsp3) is 0.101. The van der Waals surface area contributed by atoms with Crippen LogP contribution in [0.15, 0.2) is 394 Å². The summed E-state index contributed by atoms with van der Waals surface area (Å²) in [7, 11) is 0. The number of nitrogens with one attached hydrogen (secondary N) is 5. The number of aromatic nitrogens is 10. The van der Waals surface area contributed by atoms with Gasteiger partial charge in [0.05, 0.1) is 53.7 Å². The molecule has 0 aliphatic carbocycles. The standard InChI is InChI=1S/2C25H21N3O.C24H21N3OS.C23H19N3OS.C22H16F3N3O2S/c1-18-15-22(11-13-26-18)21-9-7-19(8-10-21)16-25(29)28-24-17-23(12-14-27-24)20-5-3-2-4-6-20;1-18-15-22(13-14-26-18)21-9-7-19(8-10-21)16-25(29)28-24-12-11-23(17-27-24)20-5-3-2-4-6-20;1-16-12-18(8-9-21(16)20-10-11-25-17(2)13-20)14-23(28)27-24-26-22(15-29-24)19-6-4-3-5-7-19;1-16-13-20(11-12-24-16)18-9-7-17(8-10-18)14-22(27)26-23-25-21(15-28-23)19-5-3-2-4-6-19;1-13-10-16(8-9-26-13)15-4-2-14(3-5-15)11-20(29)28-21-27-18-7-6-17(12-19(18)31-21)30-22(23,24)25/h2*2-15,17H,16H2,1H3,(H,27,28,29);3-13,15H,14H2,1-2H3,(H,26,27,28);2-13,15H,14H2,1H3,(H,25,26,27);2-10,12H,11H2,1H3,(H,27,28,29). The predicted molar refractivity (Wildman–Crippen MR) is 579 cm³/mol. The smallest absolute Gasteiger partial charge is 0.406 e. The summed E-state index contributed by atoms with van der Waals surface area (Å²) in [4.78, 5) is 105. The molecule has 10 heterocycles. The summed E-state index contributed by atoms with van der Waals surface area (Å²) in [6, 6.07) is 109. The second kappa shape index (κ2) is 49.2. The summed E-state index contributed by atoms with van der Waals surface area (Å²) in [5.41, 5.74) is 30.3. The van der Waals surface area contributed by atoms with Gasteiger partial charge in [0, 0.05) is 105 Å². The van der Waals surface area contributed by atoms with Gasteiger partial charge in [-0.2, -0.15) is 0 Å². The molecule has 20 aromatic rings. The number of benzene rings is 10. The van der Waals surface area contributed by atoms with E-state index < -0.39 is 6.36 Å². The number of hydrogen-bond acceptors (Lipinski definition) is 19. The van der Waals surface area contributed by atoms with Gasteiger partial charge in [-0.25, -0.2) is 24.9 Å². The molecule has 0 fully saturated rings. The number of carbonyl (C=O) groups is 5. The summed E-state index contributed by atoms with van der Waals surface area (Å²) in [5.74, 6) is 0.211. The van der Waals surface area contributed by atoms with E-state index in [0.29, 0.717) is 62.9 Å². The number of pyridine rings is 7. The van der Waals surface area contributed by atoms with Crippen molar-refractivity contribution in [3.8, 4) is 106 Å². The minimum Gasteiger partial charge on any atom is -0.406 e. The van der Waals surface area contributed by atoms with Crippen LogP contribution >= 0.6 is 34.0 Å². The van der Waals surface area contributed by atoms with Gasteiger partial charge in [0.1, 0.15) is 17.4 Å². The molecule has 27 heteroatoms. The average Bonchev–Trinajstić information content (AvgIpc) is 1.65. The van der Waals surface area contributed by atoms with Crippen LogP contribution in [0, 0.1) is 41.5 Å². The van der Waals surface area contributed by atoms with E-state index in [4.69, 9.17) is 0 Å². The second-order valence-electron chi connectivity index (χ2n) is 34.1. The van der Waals surface area contributed by atoms with Crippen molar-refractivity contribution in [2.24, 2.45) is 0 Å². The van der Waals surface area contributed by atoms with Crippen LogP contribution < -0.4 is 31.3 Å². The van der Waals surface area contributed by atoms with Gasteiger partial charge in [0.2, 0.25) is 29.5 Å². The molecule has 10 aromatic carbocycles. The van der Waals surface area contributed by atoms with Gasteiger partial charge in [-0.3, -0.25) is 48.9 Å². The van der Waals surface area contributed by atoms with Crippen LogP contribution in [0.4, 0.5) is 40.2 Å². The predicted octanol–water partition coefficient (Wildman–Crippen LogP) is 27.4. The van der Waals surface area contributed by atoms with Crippen molar-refractivity contribution in [1.82, 2.24) is 49.8 Å². The van der Waals surface area contributed by atoms with E-state index in [9.17, 15) is 37.1 Å². The highest BCUT2D eigenvalue weighted by molar-refractivity contribution is 7.22. The Morgan fingerprint density at radius 3 is 0.993 bits per heavy atom. The highest BCUT2D eigenvalue weighted by Crippen LogP contribution is 2.36. The first-order valence-corrected chi connectivity index (χ1v) is 49.2. The molecule has 0 saturated heterocycles. The van der Waals surface area contributed by atoms with Gasteiger partial charge >= 0.3 is 6.36 Å². The molecule has 146 heavy (non-hydrogen) atoms. The number of halogens is 3. The third kappa shape index (κ3) is 30.0. The SMILES string of the molecule is Cc1cc(-c2ccc(CC(=O)Nc3cc(-c4ccccc4)ccn3)cc2)ccn1.Cc1cc(-c2ccc(CC(=O)Nc3ccc(-c4ccccc4)cn3)cc2)ccn1.Cc1cc(-c2ccc(CC(=O)Nc3nc(-c4ccccc4)cs3)cc2)ccn1.Cc1cc(-c2ccc(CC(=O)Nc3nc(-c4ccccc4)cs3)cc2C)ccn1.Cc1cc(-c2ccc(CC(=O)Nc3nc4ccc(OC(F)(F)F)cc4s3)cc2)ccn1. The van der Waals surface area contributed by atoms with Crippen LogP contribution in [-0.2, 0) is 56.1 Å². The lowest BCUT2D eigenvalue weighted by molar-refractivity contribution is -0.274. The molecule has 0 aliphatic heterocycles. The minimum absolute atomic E-state index is 0.0640. The van der Waals surface area contributed by atoms with Crippen LogP contribution in [-0.4, -0.2) is 85.7 Å². The highest BCUT2D eigenvalue weighted by atomic mass is 32.1. The normalized spacial score (nSPS) is 10.8. The monoisotopic (exact) mass is 1990 g/mol. The summed E-state index contributed by atoms with van der Waals surface area (Å²) in [6.07, 6.45) is 9.10. The molecule has 0 atom stereocenters. The second-order valence-corrected chi connectivity index (χ2v) is 36.8. The lowest BCUT2D eigenvalue weighted by atomic mass is 9.97. The van der Waals surface area contributed by atoms with Gasteiger partial charge in [-0.1, -0.05) is 248 Å². The number of anilines is 5. The molecule has 10 aromatic heterocycles. The maximum Gasteiger partial charge on any atom is 0.573 e. The topological polar surface area (TPSA) is 284 Å². The number of alkyl halides is 3. The number of nitrogens with zero attached hydrogens (tertiary/aromatic N) is 10. The Morgan fingerprint density at radius 1 is 0.281 bits per heavy atom. The molecule has 0 unspecified atom stereocenters. The summed E-state index contributed by atoms with van der Waals surface area (Å²) >= 11 is 3.95. The van der Waals surface area contributed by atoms with Crippen molar-refractivity contribution < 1.29 is 41.9 Å². The van der Waals surface area contributed by atoms with Gasteiger partial charge < -0.3 is 31.3 Å². The van der Waals surface area contributed by atoms with Crippen molar-refractivity contribution in [2.45, 2.75) is 80.0 Å². The molecule has 21 nitrogen and oxygen atoms in total. The largest absolute Gasteiger partial charge is 0.573 e. The number of ether oxygens (including phenoxy) is 1. The number of carbonyl (C=O) groups excluding carboxylic acids is 5. The fourth-order valence-corrected chi connectivity index (χ4v) is 18.1. The Balaban J connectivity index is 0.000000131. The first-order valence-electron chi connectivity index (χ1n) is 46.7. The van der Waals surface area contributed by atoms with Crippen molar-refractivity contribution in [1.29, 1.82) is 0 Å². The summed E-state index contributed by atoms with van der Waals surface area (Å²) in [5, 5.41) is 19.7. The van der Waals surface area contributed by atoms with Crippen molar-refractivity contribution >= 4 is 101 Å². The van der Waals surface area contributed by atoms with Crippen molar-refractivity contribution in [3.05, 3.63) is 456 Å². The van der Waals surface area contributed by atoms with E-state index in [-0.39, 0.29) is 41.7 Å². The van der Waals surface area contributed by atoms with Gasteiger partial charge in [0.15, 0.2) is 15.4 Å². The minimum atomic E-state index is -4.76. The number of hydrogen-bond donors (Lipinski definition) is 5. The zero-order chi connectivity index (χ0) is 102. The fourth-order valence-electron chi connectivity index (χ4n) is 15.7. The Kier molecular flexibility index (Phi) is 34.1. The van der Waals surface area contributed by atoms with Gasteiger partial charge in [-0.05, 0) is 244 Å². The van der Waals surface area contributed by atoms with E-state index in [2.05, 4.69) is 112 Å². The maximum atomic E-state index is 12.5. The average molecular weight is 1990 g/mol. The zero-order valence-corrected chi connectivity index (χ0v) is 82.8. The Bertz CT molecular complexity index is 7860. The molecule has 0 spiro atoms. The van der Waals surface area contributed by atoms with Gasteiger partial charge in [0.25, 0.3) is 0 Å². The quantitative estimate of drug-likeness (QED) is 0.0355. The molecular weight excluding hydrogens is 1890 g/mol. The first-order chi connectivity index (χ1) is 70.8. The summed E-state index contributed by atoms with van der Waals surface area (Å²) in [6.45, 7) is 11.9. The van der Waals surface area contributed by atoms with E-state index in [1.54, 1.807) is 18.6 Å². The molecule has 0 aliphatic rings. The molecule has 0 saturated carbocycles. The molecule has 5 N–H and O–H groups in total. The molecule has 724 valence electrons. The molecule has 0 bridgehead atoms. The van der Waals surface area contributed by atoms with E-state index in [1.807, 2.05) is 367 Å². The number of fused-ring (bicyclic) bond motifs is 1. The molecular formula is C119H98F3N15O6S3. The third-order valence-corrected chi connectivity index (χ3v) is 25.3. The van der Waals surface area contributed by atoms with Crippen LogP contribution in [0.25, 0.3) is 111 Å². The zero-order valence-electron chi connectivity index (χ0n) is 80.3. The van der Waals surface area contributed by atoms with Crippen LogP contribution in [0.5, 0.6) is 5.75 Å². The maximum absolute atomic E-state index is 12.5. The Morgan fingerprint density at radius 2 is 0.610 bits per heavy atom. The van der Waals surface area contributed by atoms with E-state index >= 15 is 0 Å². The Hall–Kier alpha value is -17.7. The first kappa shape index (κ1) is 101. The van der Waals surface area contributed by atoms with E-state index in [0.717, 1.165) is 174 Å². The summed E-state index contributed by atoms with van der Waals surface area (Å²) < 4.78 is 41.5. The number of rotatable bonds is 25. The van der Waals surface area contributed by atoms with Crippen LogP contribution in [0.2, 0.25) is 0 Å². The van der Waals surface area contributed by atoms with Gasteiger partial charge in [-0.15, -0.1) is 35.8 Å². The van der Waals surface area contributed by atoms with Crippen molar-refractivity contribution in [3.63, 3.8) is 0 Å². The van der Waals surface area contributed by atoms with Crippen LogP contribution in [0.1, 0.15) is 61.9 Å². The lowest BCUT2D eigenvalue weighted by Crippen LogP contribution is -2.16. The number of amides is 5. The van der Waals surface area contributed by atoms with Crippen LogP contribution in [0.3, 0.4) is 0 Å². The molecule has 0 radical (unpaired) electrons. The lowest BCUT2D eigenvalue weighted by Gasteiger charge is -2.09. The van der Waals surface area contributed by atoms with Crippen molar-refractivity contribution in [2.75, 3.05) is 26.6 Å².